The van der Waals surface area contributed by atoms with Gasteiger partial charge in [0.25, 0.3) is 5.91 Å². The number of rotatable bonds is 3. The maximum Gasteiger partial charge on any atom is 0.338 e. The molecule has 4 nitrogen and oxygen atoms in total. The van der Waals surface area contributed by atoms with E-state index in [0.29, 0.717) is 5.56 Å². The lowest BCUT2D eigenvalue weighted by Crippen LogP contribution is -2.39. The van der Waals surface area contributed by atoms with E-state index in [1.165, 1.54) is 0 Å². The van der Waals surface area contributed by atoms with Crippen molar-refractivity contribution in [3.63, 3.8) is 0 Å². The molecule has 2 aliphatic rings. The molecule has 0 radical (unpaired) electrons. The lowest BCUT2D eigenvalue weighted by Gasteiger charge is -2.39. The Bertz CT molecular complexity index is 689. The first-order valence-corrected chi connectivity index (χ1v) is 9.12. The molecular formula is C21H29NO3. The van der Waals surface area contributed by atoms with Crippen molar-refractivity contribution >= 4 is 11.9 Å². The second-order valence-corrected chi connectivity index (χ2v) is 9.19. The van der Waals surface area contributed by atoms with Gasteiger partial charge >= 0.3 is 5.97 Å². The highest BCUT2D eigenvalue weighted by Crippen LogP contribution is 2.52. The molecule has 1 saturated carbocycles. The Hall–Kier alpha value is -1.84. The third-order valence-electron chi connectivity index (χ3n) is 5.52. The molecule has 1 aromatic carbocycles. The van der Waals surface area contributed by atoms with E-state index >= 15 is 0 Å². The third-order valence-corrected chi connectivity index (χ3v) is 5.52. The van der Waals surface area contributed by atoms with Gasteiger partial charge in [0.15, 0.2) is 6.61 Å². The summed E-state index contributed by atoms with van der Waals surface area (Å²) in [7, 11) is 0. The summed E-state index contributed by atoms with van der Waals surface area (Å²) >= 11 is 0. The van der Waals surface area contributed by atoms with Crippen molar-refractivity contribution in [2.24, 2.45) is 10.8 Å². The topological polar surface area (TPSA) is 46.6 Å². The van der Waals surface area contributed by atoms with Crippen molar-refractivity contribution in [3.8, 4) is 0 Å². The summed E-state index contributed by atoms with van der Waals surface area (Å²) in [6, 6.07) is 5.88. The van der Waals surface area contributed by atoms with Gasteiger partial charge in [-0.25, -0.2) is 4.79 Å². The number of nitrogens with zero attached hydrogens (tertiary/aromatic N) is 1. The van der Waals surface area contributed by atoms with Crippen LogP contribution in [-0.2, 0) is 9.53 Å². The molecule has 2 fully saturated rings. The van der Waals surface area contributed by atoms with Gasteiger partial charge < -0.3 is 9.64 Å². The number of fused-ring (bicyclic) bond motifs is 2. The Morgan fingerprint density at radius 1 is 1.12 bits per heavy atom. The van der Waals surface area contributed by atoms with Gasteiger partial charge in [-0.2, -0.15) is 0 Å². The van der Waals surface area contributed by atoms with Gasteiger partial charge in [-0.15, -0.1) is 0 Å². The molecule has 0 N–H and O–H groups in total. The third kappa shape index (κ3) is 3.88. The number of carbonyl (C=O) groups excluding carboxylic acids is 2. The van der Waals surface area contributed by atoms with Crippen molar-refractivity contribution in [3.05, 3.63) is 34.9 Å². The number of benzene rings is 1. The average Bonchev–Trinajstić information content (AvgIpc) is 2.72. The van der Waals surface area contributed by atoms with Gasteiger partial charge in [-0.1, -0.05) is 38.0 Å². The van der Waals surface area contributed by atoms with E-state index < -0.39 is 5.97 Å². The summed E-state index contributed by atoms with van der Waals surface area (Å²) < 4.78 is 5.32. The van der Waals surface area contributed by atoms with Crippen LogP contribution in [-0.4, -0.2) is 36.0 Å². The fourth-order valence-electron chi connectivity index (χ4n) is 5.14. The van der Waals surface area contributed by atoms with Gasteiger partial charge in [0.05, 0.1) is 5.56 Å². The number of hydrogen-bond donors (Lipinski definition) is 0. The largest absolute Gasteiger partial charge is 0.452 e. The minimum atomic E-state index is -0.422. The predicted molar refractivity (Wildman–Crippen MR) is 97.4 cm³/mol. The lowest BCUT2D eigenvalue weighted by atomic mass is 9.65. The maximum atomic E-state index is 12.7. The van der Waals surface area contributed by atoms with Crippen molar-refractivity contribution in [1.29, 1.82) is 0 Å². The highest BCUT2D eigenvalue weighted by atomic mass is 16.5. The highest BCUT2D eigenvalue weighted by Gasteiger charge is 2.50. The minimum absolute atomic E-state index is 0.0656. The molecule has 25 heavy (non-hydrogen) atoms. The zero-order chi connectivity index (χ0) is 18.4. The molecule has 1 saturated heterocycles. The molecule has 0 spiro atoms. The van der Waals surface area contributed by atoms with Crippen LogP contribution in [0.2, 0.25) is 0 Å². The number of amides is 1. The van der Waals surface area contributed by atoms with Crippen LogP contribution in [0.15, 0.2) is 18.2 Å². The minimum Gasteiger partial charge on any atom is -0.452 e. The molecule has 0 aromatic heterocycles. The second kappa shape index (κ2) is 6.15. The van der Waals surface area contributed by atoms with Crippen molar-refractivity contribution in [2.45, 2.75) is 59.9 Å². The van der Waals surface area contributed by atoms with Crippen LogP contribution >= 0.6 is 0 Å². The molecule has 1 aliphatic carbocycles. The Morgan fingerprint density at radius 3 is 2.40 bits per heavy atom. The monoisotopic (exact) mass is 343 g/mol. The van der Waals surface area contributed by atoms with Crippen molar-refractivity contribution in [2.75, 3.05) is 13.2 Å². The maximum absolute atomic E-state index is 12.7. The van der Waals surface area contributed by atoms with Crippen LogP contribution in [0.4, 0.5) is 0 Å². The fraction of sp³-hybridized carbons (Fsp3) is 0.619. The van der Waals surface area contributed by atoms with Gasteiger partial charge in [0, 0.05) is 12.6 Å². The molecule has 0 unspecified atom stereocenters. The molecule has 4 heteroatoms. The number of likely N-dealkylation sites (tertiary alicyclic amines) is 1. The molecular weight excluding hydrogens is 314 g/mol. The SMILES string of the molecule is Cc1cc(C)cc(C(=O)OCC(=O)N2C[C@]3(C)C[C@H]2CC(C)(C)C3)c1. The summed E-state index contributed by atoms with van der Waals surface area (Å²) in [6.45, 7) is 11.3. The van der Waals surface area contributed by atoms with E-state index in [2.05, 4.69) is 20.8 Å². The molecule has 136 valence electrons. The Morgan fingerprint density at radius 2 is 1.76 bits per heavy atom. The summed E-state index contributed by atoms with van der Waals surface area (Å²) in [6.07, 6.45) is 3.23. The summed E-state index contributed by atoms with van der Waals surface area (Å²) in [5, 5.41) is 0. The van der Waals surface area contributed by atoms with Crippen LogP contribution in [0.1, 0.15) is 61.5 Å². The quantitative estimate of drug-likeness (QED) is 0.782. The first kappa shape index (κ1) is 18.0. The number of aryl methyl sites for hydroxylation is 2. The van der Waals surface area contributed by atoms with Gasteiger partial charge in [-0.05, 0) is 56.1 Å². The van der Waals surface area contributed by atoms with Gasteiger partial charge in [0.1, 0.15) is 0 Å². The summed E-state index contributed by atoms with van der Waals surface area (Å²) in [5.74, 6) is -0.488. The standard InChI is InChI=1S/C21H29NO3/c1-14-6-15(2)8-16(7-14)19(24)25-11-18(23)22-13-21(5)10-17(22)9-20(3,4)12-21/h6-8,17H,9-13H2,1-5H3/t17-,21-/m1/s1. The average molecular weight is 343 g/mol. The molecule has 2 atom stereocenters. The zero-order valence-corrected chi connectivity index (χ0v) is 16.0. The molecule has 3 rings (SSSR count). The van der Waals surface area contributed by atoms with Crippen LogP contribution < -0.4 is 0 Å². The smallest absolute Gasteiger partial charge is 0.338 e. The second-order valence-electron chi connectivity index (χ2n) is 9.19. The Labute approximate surface area is 150 Å². The molecule has 1 aromatic rings. The van der Waals surface area contributed by atoms with E-state index in [-0.39, 0.29) is 29.4 Å². The number of carbonyl (C=O) groups is 2. The summed E-state index contributed by atoms with van der Waals surface area (Å²) in [4.78, 5) is 26.9. The fourth-order valence-corrected chi connectivity index (χ4v) is 5.14. The van der Waals surface area contributed by atoms with E-state index in [1.54, 1.807) is 12.1 Å². The highest BCUT2D eigenvalue weighted by molar-refractivity contribution is 5.91. The van der Waals surface area contributed by atoms with Gasteiger partial charge in [0.2, 0.25) is 0 Å². The molecule has 1 aliphatic heterocycles. The number of esters is 1. The summed E-state index contributed by atoms with van der Waals surface area (Å²) in [5.41, 5.74) is 3.00. The van der Waals surface area contributed by atoms with E-state index in [0.717, 1.165) is 36.9 Å². The van der Waals surface area contributed by atoms with Crippen LogP contribution in [0, 0.1) is 24.7 Å². The van der Waals surface area contributed by atoms with Crippen molar-refractivity contribution < 1.29 is 14.3 Å². The molecule has 2 bridgehead atoms. The predicted octanol–water partition coefficient (Wildman–Crippen LogP) is 3.89. The Kier molecular flexibility index (Phi) is 4.42. The van der Waals surface area contributed by atoms with E-state index in [9.17, 15) is 9.59 Å². The van der Waals surface area contributed by atoms with Crippen LogP contribution in [0.5, 0.6) is 0 Å². The lowest BCUT2D eigenvalue weighted by molar-refractivity contribution is -0.135. The van der Waals surface area contributed by atoms with E-state index in [4.69, 9.17) is 4.74 Å². The van der Waals surface area contributed by atoms with Gasteiger partial charge in [-0.3, -0.25) is 4.79 Å². The normalized spacial score (nSPS) is 27.2. The first-order chi connectivity index (χ1) is 11.6. The number of ether oxygens (including phenoxy) is 1. The Balaban J connectivity index is 1.62. The number of hydrogen-bond acceptors (Lipinski definition) is 3. The van der Waals surface area contributed by atoms with E-state index in [1.807, 2.05) is 24.8 Å². The zero-order valence-electron chi connectivity index (χ0n) is 16.0. The molecule has 1 amide bonds. The van der Waals surface area contributed by atoms with Crippen molar-refractivity contribution in [1.82, 2.24) is 4.90 Å². The van der Waals surface area contributed by atoms with Crippen LogP contribution in [0.3, 0.4) is 0 Å². The molecule has 1 heterocycles. The first-order valence-electron chi connectivity index (χ1n) is 9.12. The van der Waals surface area contributed by atoms with Crippen LogP contribution in [0.25, 0.3) is 0 Å².